The summed E-state index contributed by atoms with van der Waals surface area (Å²) in [6.45, 7) is -0.186. The predicted octanol–water partition coefficient (Wildman–Crippen LogP) is 1.79. The van der Waals surface area contributed by atoms with Crippen molar-refractivity contribution in [1.29, 1.82) is 0 Å². The Morgan fingerprint density at radius 2 is 1.57 bits per heavy atom. The molecule has 4 nitrogen and oxygen atoms in total. The zero-order chi connectivity index (χ0) is 16.0. The first-order valence-corrected chi connectivity index (χ1v) is 8.40. The lowest BCUT2D eigenvalue weighted by atomic mass is 9.63. The van der Waals surface area contributed by atoms with Gasteiger partial charge in [0, 0.05) is 0 Å². The second kappa shape index (κ2) is 5.60. The van der Waals surface area contributed by atoms with Gasteiger partial charge in [0.1, 0.15) is 0 Å². The highest BCUT2D eigenvalue weighted by atomic mass is 16.3. The van der Waals surface area contributed by atoms with Crippen LogP contribution in [-0.4, -0.2) is 34.5 Å². The summed E-state index contributed by atoms with van der Waals surface area (Å²) in [7, 11) is 0. The van der Waals surface area contributed by atoms with Gasteiger partial charge in [0.05, 0.1) is 24.5 Å². The molecule has 0 spiro atoms. The molecule has 0 radical (unpaired) electrons. The molecule has 4 aliphatic rings. The number of hydrogen-bond donors (Lipinski definition) is 1. The van der Waals surface area contributed by atoms with E-state index in [9.17, 15) is 14.7 Å². The van der Waals surface area contributed by atoms with E-state index in [0.717, 1.165) is 18.4 Å². The third kappa shape index (κ3) is 2.24. The fraction of sp³-hybridized carbons (Fsp3) is 0.474. The van der Waals surface area contributed by atoms with Crippen LogP contribution in [0.4, 0.5) is 0 Å². The molecule has 2 amide bonds. The zero-order valence-electron chi connectivity index (χ0n) is 13.0. The molecule has 1 aromatic rings. The van der Waals surface area contributed by atoms with Gasteiger partial charge < -0.3 is 5.11 Å². The van der Waals surface area contributed by atoms with Crippen LogP contribution in [0.15, 0.2) is 42.5 Å². The smallest absolute Gasteiger partial charge is 0.234 e. The van der Waals surface area contributed by atoms with E-state index < -0.39 is 6.04 Å². The minimum atomic E-state index is -0.456. The van der Waals surface area contributed by atoms with E-state index in [1.807, 2.05) is 30.3 Å². The van der Waals surface area contributed by atoms with Gasteiger partial charge in [-0.2, -0.15) is 0 Å². The fourth-order valence-corrected chi connectivity index (χ4v) is 4.58. The number of nitrogens with zero attached hydrogens (tertiary/aromatic N) is 1. The monoisotopic (exact) mass is 311 g/mol. The normalized spacial score (nSPS) is 33.2. The standard InChI is InChI=1S/C19H21NO3/c21-11-15(10-12-4-2-1-3-5-12)20-18(22)16-13-6-7-14(9-8-13)17(16)19(20)23/h1-7,13-17,21H,8-11H2. The van der Waals surface area contributed by atoms with E-state index in [1.54, 1.807) is 0 Å². The summed E-state index contributed by atoms with van der Waals surface area (Å²) in [5.41, 5.74) is 1.03. The number of carbonyl (C=O) groups excluding carboxylic acids is 2. The van der Waals surface area contributed by atoms with Gasteiger partial charge in [0.2, 0.25) is 11.8 Å². The van der Waals surface area contributed by atoms with Crippen LogP contribution in [0.3, 0.4) is 0 Å². The summed E-state index contributed by atoms with van der Waals surface area (Å²) >= 11 is 0. The number of rotatable bonds is 4. The number of aliphatic hydroxyl groups excluding tert-OH is 1. The van der Waals surface area contributed by atoms with Crippen molar-refractivity contribution in [2.45, 2.75) is 25.3 Å². The van der Waals surface area contributed by atoms with E-state index in [4.69, 9.17) is 0 Å². The highest BCUT2D eigenvalue weighted by Gasteiger charge is 2.57. The number of allylic oxidation sites excluding steroid dienone is 2. The first-order valence-electron chi connectivity index (χ1n) is 8.40. The molecule has 0 aromatic heterocycles. The quantitative estimate of drug-likeness (QED) is 0.681. The topological polar surface area (TPSA) is 57.6 Å². The molecule has 1 aromatic carbocycles. The Morgan fingerprint density at radius 3 is 2.04 bits per heavy atom. The van der Waals surface area contributed by atoms with Crippen molar-refractivity contribution in [3.05, 3.63) is 48.0 Å². The molecule has 2 fully saturated rings. The van der Waals surface area contributed by atoms with E-state index in [2.05, 4.69) is 12.2 Å². The van der Waals surface area contributed by atoms with E-state index in [0.29, 0.717) is 6.42 Å². The molecule has 5 unspecified atom stereocenters. The van der Waals surface area contributed by atoms with Gasteiger partial charge in [-0.3, -0.25) is 14.5 Å². The molecule has 1 saturated heterocycles. The van der Waals surface area contributed by atoms with Crippen molar-refractivity contribution in [1.82, 2.24) is 4.90 Å². The van der Waals surface area contributed by atoms with Crippen molar-refractivity contribution >= 4 is 11.8 Å². The molecule has 5 atom stereocenters. The van der Waals surface area contributed by atoms with Crippen molar-refractivity contribution in [2.24, 2.45) is 23.7 Å². The lowest BCUT2D eigenvalue weighted by Crippen LogP contribution is -2.44. The third-order valence-electron chi connectivity index (χ3n) is 5.68. The lowest BCUT2D eigenvalue weighted by Gasteiger charge is -2.38. The van der Waals surface area contributed by atoms with Crippen molar-refractivity contribution in [3.8, 4) is 0 Å². The second-order valence-corrected chi connectivity index (χ2v) is 6.91. The summed E-state index contributed by atoms with van der Waals surface area (Å²) in [4.78, 5) is 27.2. The highest BCUT2D eigenvalue weighted by Crippen LogP contribution is 2.50. The number of hydrogen-bond acceptors (Lipinski definition) is 3. The Labute approximate surface area is 135 Å². The predicted molar refractivity (Wildman–Crippen MR) is 85.2 cm³/mol. The first kappa shape index (κ1) is 14.6. The van der Waals surface area contributed by atoms with Crippen LogP contribution in [0, 0.1) is 23.7 Å². The maximum absolute atomic E-state index is 12.9. The molecule has 4 heteroatoms. The molecule has 23 heavy (non-hydrogen) atoms. The van der Waals surface area contributed by atoms with Gasteiger partial charge in [-0.1, -0.05) is 42.5 Å². The van der Waals surface area contributed by atoms with Crippen LogP contribution in [0.1, 0.15) is 18.4 Å². The molecule has 2 bridgehead atoms. The van der Waals surface area contributed by atoms with Gasteiger partial charge >= 0.3 is 0 Å². The largest absolute Gasteiger partial charge is 0.394 e. The van der Waals surface area contributed by atoms with Gasteiger partial charge in [0.25, 0.3) is 0 Å². The first-order chi connectivity index (χ1) is 11.2. The molecule has 1 aliphatic heterocycles. The van der Waals surface area contributed by atoms with E-state index in [-0.39, 0.29) is 42.1 Å². The number of amides is 2. The number of aliphatic hydroxyl groups is 1. The SMILES string of the molecule is O=C1C2C3C=CC(CC3)C2C(=O)N1C(CO)Cc1ccccc1. The van der Waals surface area contributed by atoms with Crippen LogP contribution in [-0.2, 0) is 16.0 Å². The van der Waals surface area contributed by atoms with Gasteiger partial charge in [-0.25, -0.2) is 0 Å². The molecule has 1 N–H and O–H groups in total. The Balaban J connectivity index is 1.61. The van der Waals surface area contributed by atoms with E-state index >= 15 is 0 Å². The summed E-state index contributed by atoms with van der Waals surface area (Å²) in [6, 6.07) is 9.27. The number of likely N-dealkylation sites (tertiary alicyclic amines) is 1. The molecule has 3 aliphatic carbocycles. The highest BCUT2D eigenvalue weighted by molar-refractivity contribution is 6.06. The summed E-state index contributed by atoms with van der Waals surface area (Å²) < 4.78 is 0. The maximum Gasteiger partial charge on any atom is 0.234 e. The Kier molecular flexibility index (Phi) is 3.57. The Hall–Kier alpha value is -1.94. The molecule has 5 rings (SSSR count). The second-order valence-electron chi connectivity index (χ2n) is 6.91. The minimum absolute atomic E-state index is 0.0750. The van der Waals surface area contributed by atoms with Gasteiger partial charge in [0.15, 0.2) is 0 Å². The molecule has 120 valence electrons. The Morgan fingerprint density at radius 1 is 1.00 bits per heavy atom. The number of imide groups is 1. The summed E-state index contributed by atoms with van der Waals surface area (Å²) in [5.74, 6) is -0.153. The minimum Gasteiger partial charge on any atom is -0.394 e. The van der Waals surface area contributed by atoms with Crippen LogP contribution in [0.25, 0.3) is 0 Å². The summed E-state index contributed by atoms with van der Waals surface area (Å²) in [5, 5.41) is 9.80. The van der Waals surface area contributed by atoms with E-state index in [1.165, 1.54) is 4.90 Å². The molecule has 1 saturated carbocycles. The number of carbonyl (C=O) groups is 2. The molecular weight excluding hydrogens is 290 g/mol. The van der Waals surface area contributed by atoms with Crippen LogP contribution < -0.4 is 0 Å². The maximum atomic E-state index is 12.9. The van der Waals surface area contributed by atoms with Crippen LogP contribution in [0.5, 0.6) is 0 Å². The van der Waals surface area contributed by atoms with Crippen molar-refractivity contribution in [3.63, 3.8) is 0 Å². The third-order valence-corrected chi connectivity index (χ3v) is 5.68. The number of fused-ring (bicyclic) bond motifs is 1. The van der Waals surface area contributed by atoms with Crippen LogP contribution >= 0.6 is 0 Å². The fourth-order valence-electron chi connectivity index (χ4n) is 4.58. The Bertz CT molecular complexity index is 622. The van der Waals surface area contributed by atoms with Crippen LogP contribution in [0.2, 0.25) is 0 Å². The zero-order valence-corrected chi connectivity index (χ0v) is 13.0. The number of benzene rings is 1. The average molecular weight is 311 g/mol. The molecular formula is C19H21NO3. The lowest BCUT2D eigenvalue weighted by molar-refractivity contribution is -0.143. The van der Waals surface area contributed by atoms with Crippen molar-refractivity contribution < 1.29 is 14.7 Å². The average Bonchev–Trinajstić information content (AvgIpc) is 2.88. The molecule has 1 heterocycles. The van der Waals surface area contributed by atoms with Gasteiger partial charge in [-0.05, 0) is 36.7 Å². The summed E-state index contributed by atoms with van der Waals surface area (Å²) in [6.07, 6.45) is 6.75. The van der Waals surface area contributed by atoms with Gasteiger partial charge in [-0.15, -0.1) is 0 Å². The van der Waals surface area contributed by atoms with Crippen molar-refractivity contribution in [2.75, 3.05) is 6.61 Å².